The van der Waals surface area contributed by atoms with Crippen LogP contribution >= 0.6 is 11.6 Å². The Morgan fingerprint density at radius 1 is 1.17 bits per heavy atom. The first-order valence-corrected chi connectivity index (χ1v) is 7.87. The Hall–Kier alpha value is -2.40. The minimum absolute atomic E-state index is 0.0733. The van der Waals surface area contributed by atoms with E-state index in [1.165, 1.54) is 13.3 Å². The zero-order valence-corrected chi connectivity index (χ0v) is 14.8. The number of nitrogens with zero attached hydrogens (tertiary/aromatic N) is 2. The van der Waals surface area contributed by atoms with Crippen molar-refractivity contribution in [2.24, 2.45) is 0 Å². The van der Waals surface area contributed by atoms with Crippen molar-refractivity contribution in [3.63, 3.8) is 0 Å². The summed E-state index contributed by atoms with van der Waals surface area (Å²) < 4.78 is 4.73. The van der Waals surface area contributed by atoms with Crippen LogP contribution in [0.5, 0.6) is 0 Å². The number of anilines is 1. The number of ether oxygens (including phenoxy) is 1. The van der Waals surface area contributed by atoms with Crippen molar-refractivity contribution in [2.45, 2.75) is 26.8 Å². The number of rotatable bonds is 4. The third-order valence-electron chi connectivity index (χ3n) is 3.59. The van der Waals surface area contributed by atoms with Crippen LogP contribution in [0.4, 0.5) is 5.69 Å². The maximum absolute atomic E-state index is 12.9. The molecule has 0 fully saturated rings. The molecule has 5 nitrogen and oxygen atoms in total. The zero-order valence-electron chi connectivity index (χ0n) is 14.0. The lowest BCUT2D eigenvalue weighted by Gasteiger charge is -2.28. The maximum Gasteiger partial charge on any atom is 0.337 e. The lowest BCUT2D eigenvalue weighted by atomic mass is 10.1. The van der Waals surface area contributed by atoms with E-state index in [4.69, 9.17) is 16.3 Å². The van der Waals surface area contributed by atoms with Gasteiger partial charge in [-0.1, -0.05) is 11.6 Å². The van der Waals surface area contributed by atoms with E-state index in [1.807, 2.05) is 20.8 Å². The summed E-state index contributed by atoms with van der Waals surface area (Å²) >= 11 is 5.78. The molecule has 0 aliphatic rings. The minimum Gasteiger partial charge on any atom is -0.465 e. The normalized spacial score (nSPS) is 10.6. The fourth-order valence-corrected chi connectivity index (χ4v) is 2.55. The van der Waals surface area contributed by atoms with Crippen molar-refractivity contribution in [1.82, 2.24) is 4.98 Å². The Balaban J connectivity index is 2.42. The van der Waals surface area contributed by atoms with Gasteiger partial charge < -0.3 is 9.64 Å². The average Bonchev–Trinajstić information content (AvgIpc) is 2.56. The van der Waals surface area contributed by atoms with E-state index >= 15 is 0 Å². The van der Waals surface area contributed by atoms with Crippen molar-refractivity contribution in [2.75, 3.05) is 12.0 Å². The number of methoxy groups -OCH3 is 1. The van der Waals surface area contributed by atoms with Crippen LogP contribution in [0, 0.1) is 6.92 Å². The highest BCUT2D eigenvalue weighted by atomic mass is 35.5. The van der Waals surface area contributed by atoms with Crippen molar-refractivity contribution >= 4 is 29.2 Å². The molecule has 1 heterocycles. The van der Waals surface area contributed by atoms with Crippen molar-refractivity contribution < 1.29 is 14.3 Å². The van der Waals surface area contributed by atoms with Crippen LogP contribution < -0.4 is 4.90 Å². The van der Waals surface area contributed by atoms with Crippen LogP contribution in [0.15, 0.2) is 36.5 Å². The number of carbonyl (C=O) groups is 2. The van der Waals surface area contributed by atoms with Gasteiger partial charge in [0.25, 0.3) is 5.91 Å². The van der Waals surface area contributed by atoms with Gasteiger partial charge in [-0.25, -0.2) is 9.78 Å². The molecule has 0 bridgehead atoms. The first-order valence-electron chi connectivity index (χ1n) is 7.49. The van der Waals surface area contributed by atoms with Gasteiger partial charge in [0.1, 0.15) is 5.15 Å². The second-order valence-electron chi connectivity index (χ2n) is 5.63. The van der Waals surface area contributed by atoms with Crippen molar-refractivity contribution in [3.05, 3.63) is 58.4 Å². The molecule has 2 aromatic rings. The summed E-state index contributed by atoms with van der Waals surface area (Å²) in [6.45, 7) is 5.70. The standard InChI is InChI=1S/C18H19ClN2O3/c1-11(2)21(17(22)14-6-8-16(19)20-10-14)15-7-5-13(9-12(15)3)18(23)24-4/h5-11H,1-4H3. The molecular weight excluding hydrogens is 328 g/mol. The van der Waals surface area contributed by atoms with Gasteiger partial charge in [-0.2, -0.15) is 0 Å². The molecule has 0 aliphatic carbocycles. The monoisotopic (exact) mass is 346 g/mol. The zero-order chi connectivity index (χ0) is 17.9. The highest BCUT2D eigenvalue weighted by molar-refractivity contribution is 6.29. The van der Waals surface area contributed by atoms with E-state index in [0.29, 0.717) is 16.3 Å². The van der Waals surface area contributed by atoms with Gasteiger partial charge in [-0.3, -0.25) is 4.79 Å². The maximum atomic E-state index is 12.9. The molecule has 1 aromatic heterocycles. The predicted octanol–water partition coefficient (Wildman–Crippen LogP) is 3.89. The number of hydrogen-bond acceptors (Lipinski definition) is 4. The smallest absolute Gasteiger partial charge is 0.337 e. The van der Waals surface area contributed by atoms with Crippen LogP contribution in [0.1, 0.15) is 40.1 Å². The van der Waals surface area contributed by atoms with Gasteiger partial charge in [0.2, 0.25) is 0 Å². The predicted molar refractivity (Wildman–Crippen MR) is 93.7 cm³/mol. The van der Waals surface area contributed by atoms with E-state index in [1.54, 1.807) is 35.2 Å². The average molecular weight is 347 g/mol. The van der Waals surface area contributed by atoms with Gasteiger partial charge in [0.05, 0.1) is 18.2 Å². The summed E-state index contributed by atoms with van der Waals surface area (Å²) in [7, 11) is 1.34. The van der Waals surface area contributed by atoms with Gasteiger partial charge in [-0.15, -0.1) is 0 Å². The number of amides is 1. The van der Waals surface area contributed by atoms with Crippen LogP contribution in [0.2, 0.25) is 5.15 Å². The summed E-state index contributed by atoms with van der Waals surface area (Å²) in [5.41, 5.74) is 2.44. The molecule has 0 saturated carbocycles. The molecule has 24 heavy (non-hydrogen) atoms. The van der Waals surface area contributed by atoms with Crippen molar-refractivity contribution in [3.8, 4) is 0 Å². The molecule has 0 saturated heterocycles. The molecule has 0 atom stereocenters. The minimum atomic E-state index is -0.408. The molecule has 6 heteroatoms. The second-order valence-corrected chi connectivity index (χ2v) is 6.02. The lowest BCUT2D eigenvalue weighted by Crippen LogP contribution is -2.37. The third-order valence-corrected chi connectivity index (χ3v) is 3.81. The SMILES string of the molecule is COC(=O)c1ccc(N(C(=O)c2ccc(Cl)nc2)C(C)C)c(C)c1. The molecule has 1 aromatic carbocycles. The van der Waals surface area contributed by atoms with Crippen LogP contribution in [0.25, 0.3) is 0 Å². The lowest BCUT2D eigenvalue weighted by molar-refractivity contribution is 0.0600. The van der Waals surface area contributed by atoms with Gasteiger partial charge in [0, 0.05) is 17.9 Å². The molecule has 2 rings (SSSR count). The van der Waals surface area contributed by atoms with E-state index < -0.39 is 5.97 Å². The Morgan fingerprint density at radius 2 is 1.83 bits per heavy atom. The molecule has 0 spiro atoms. The number of pyridine rings is 1. The first kappa shape index (κ1) is 17.9. The summed E-state index contributed by atoms with van der Waals surface area (Å²) in [6, 6.07) is 8.27. The van der Waals surface area contributed by atoms with E-state index in [-0.39, 0.29) is 11.9 Å². The van der Waals surface area contributed by atoms with Gasteiger partial charge in [0.15, 0.2) is 0 Å². The fourth-order valence-electron chi connectivity index (χ4n) is 2.43. The van der Waals surface area contributed by atoms with E-state index in [9.17, 15) is 9.59 Å². The number of halogens is 1. The number of aryl methyl sites for hydroxylation is 1. The topological polar surface area (TPSA) is 59.5 Å². The Labute approximate surface area is 146 Å². The molecule has 1 amide bonds. The van der Waals surface area contributed by atoms with Gasteiger partial charge >= 0.3 is 5.97 Å². The quantitative estimate of drug-likeness (QED) is 0.622. The molecular formula is C18H19ClN2O3. The van der Waals surface area contributed by atoms with Crippen LogP contribution in [-0.4, -0.2) is 30.0 Å². The number of esters is 1. The second kappa shape index (κ2) is 7.45. The Bertz CT molecular complexity index is 757. The Kier molecular flexibility index (Phi) is 5.57. The largest absolute Gasteiger partial charge is 0.465 e. The summed E-state index contributed by atoms with van der Waals surface area (Å²) in [5.74, 6) is -0.586. The Morgan fingerprint density at radius 3 is 2.33 bits per heavy atom. The summed E-state index contributed by atoms with van der Waals surface area (Å²) in [6.07, 6.45) is 1.46. The summed E-state index contributed by atoms with van der Waals surface area (Å²) in [5, 5.41) is 0.334. The van der Waals surface area contributed by atoms with Gasteiger partial charge in [-0.05, 0) is 56.7 Å². The van der Waals surface area contributed by atoms with Crippen molar-refractivity contribution in [1.29, 1.82) is 0 Å². The fraction of sp³-hybridized carbons (Fsp3) is 0.278. The first-order chi connectivity index (χ1) is 11.3. The number of benzene rings is 1. The molecule has 126 valence electrons. The molecule has 0 radical (unpaired) electrons. The van der Waals surface area contributed by atoms with E-state index in [0.717, 1.165) is 11.3 Å². The highest BCUT2D eigenvalue weighted by Gasteiger charge is 2.23. The third kappa shape index (κ3) is 3.74. The highest BCUT2D eigenvalue weighted by Crippen LogP contribution is 2.26. The molecule has 0 aliphatic heterocycles. The van der Waals surface area contributed by atoms with Crippen LogP contribution in [0.3, 0.4) is 0 Å². The van der Waals surface area contributed by atoms with Crippen LogP contribution in [-0.2, 0) is 4.74 Å². The number of hydrogen-bond donors (Lipinski definition) is 0. The van der Waals surface area contributed by atoms with E-state index in [2.05, 4.69) is 4.98 Å². The molecule has 0 N–H and O–H groups in total. The number of carbonyl (C=O) groups excluding carboxylic acids is 2. The number of aromatic nitrogens is 1. The molecule has 0 unspecified atom stereocenters. The summed E-state index contributed by atoms with van der Waals surface area (Å²) in [4.78, 5) is 30.2.